The van der Waals surface area contributed by atoms with Crippen LogP contribution in [0.15, 0.2) is 55.0 Å². The fraction of sp³-hybridized carbons (Fsp3) is 0.406. The zero-order chi connectivity index (χ0) is 30.1. The number of fused-ring (bicyclic) bond motifs is 2. The third kappa shape index (κ3) is 6.37. The number of halogens is 3. The van der Waals surface area contributed by atoms with Gasteiger partial charge in [0, 0.05) is 69.8 Å². The topological polar surface area (TPSA) is 77.6 Å². The average Bonchev–Trinajstić information content (AvgIpc) is 3.48. The minimum absolute atomic E-state index is 0.107. The molecule has 6 rings (SSSR count). The Morgan fingerprint density at radius 2 is 1.86 bits per heavy atom. The molecule has 8 nitrogen and oxygen atoms in total. The summed E-state index contributed by atoms with van der Waals surface area (Å²) in [4.78, 5) is 31.5. The van der Waals surface area contributed by atoms with Gasteiger partial charge in [-0.1, -0.05) is 19.1 Å². The van der Waals surface area contributed by atoms with Crippen LogP contribution in [-0.2, 0) is 36.9 Å². The number of pyridine rings is 2. The fourth-order valence-corrected chi connectivity index (χ4v) is 6.02. The van der Waals surface area contributed by atoms with Crippen LogP contribution in [-0.4, -0.2) is 74.3 Å². The molecule has 5 heterocycles. The summed E-state index contributed by atoms with van der Waals surface area (Å²) in [6.07, 6.45) is 1.07. The van der Waals surface area contributed by atoms with Crippen molar-refractivity contribution in [2.45, 2.75) is 52.0 Å². The smallest absolute Gasteiger partial charge is 0.416 e. The molecule has 0 spiro atoms. The van der Waals surface area contributed by atoms with Crippen molar-refractivity contribution in [2.24, 2.45) is 0 Å². The molecule has 1 fully saturated rings. The summed E-state index contributed by atoms with van der Waals surface area (Å²) < 4.78 is 48.5. The Balaban J connectivity index is 1.16. The standard InChI is InChI=1S/C32H35F3N6O2/c1-3-39-10-12-40(13-11-39)19-23-5-4-22(15-27(23)32(33,34)35)16-30(42)41-20-24-17-25(18-38-28(24)14-21(41)2)43-29-7-9-37-31-26(29)6-8-36-31/h4-9,15,17-18,21H,3,10-14,16,19-20H2,1-2H3,(H,36,37)/t21-/m1/s1. The SMILES string of the molecule is CCN1CCN(Cc2ccc(CC(=O)N3Cc4cc(Oc5ccnc6[nH]ccc56)cnc4C[C@H]3C)cc2C(F)(F)F)CC1. The summed E-state index contributed by atoms with van der Waals surface area (Å²) in [7, 11) is 0. The highest BCUT2D eigenvalue weighted by molar-refractivity contribution is 5.82. The van der Waals surface area contributed by atoms with Gasteiger partial charge in [-0.15, -0.1) is 0 Å². The van der Waals surface area contributed by atoms with Gasteiger partial charge in [-0.25, -0.2) is 4.98 Å². The van der Waals surface area contributed by atoms with E-state index in [4.69, 9.17) is 4.74 Å². The van der Waals surface area contributed by atoms with E-state index in [2.05, 4.69) is 31.7 Å². The van der Waals surface area contributed by atoms with Gasteiger partial charge in [-0.2, -0.15) is 13.2 Å². The lowest BCUT2D eigenvalue weighted by Crippen LogP contribution is -2.45. The number of alkyl halides is 3. The fourth-order valence-electron chi connectivity index (χ4n) is 6.02. The molecule has 11 heteroatoms. The number of piperazine rings is 1. The second kappa shape index (κ2) is 12.0. The number of carbonyl (C=O) groups is 1. The van der Waals surface area contributed by atoms with E-state index in [0.29, 0.717) is 35.7 Å². The average molecular weight is 593 g/mol. The molecule has 2 aliphatic heterocycles. The Bertz CT molecular complexity index is 1610. The molecule has 0 radical (unpaired) electrons. The second-order valence-corrected chi connectivity index (χ2v) is 11.4. The molecule has 3 aromatic heterocycles. The van der Waals surface area contributed by atoms with E-state index in [9.17, 15) is 18.0 Å². The van der Waals surface area contributed by atoms with E-state index in [0.717, 1.165) is 55.4 Å². The number of amides is 1. The highest BCUT2D eigenvalue weighted by atomic mass is 19.4. The number of aromatic amines is 1. The molecule has 1 amide bonds. The normalized spacial score (nSPS) is 18.2. The maximum atomic E-state index is 14.1. The molecule has 1 aromatic carbocycles. The number of benzene rings is 1. The Labute approximate surface area is 248 Å². The van der Waals surface area contributed by atoms with E-state index in [1.165, 1.54) is 0 Å². The number of aromatic nitrogens is 3. The van der Waals surface area contributed by atoms with Gasteiger partial charge in [0.25, 0.3) is 0 Å². The zero-order valence-electron chi connectivity index (χ0n) is 24.3. The summed E-state index contributed by atoms with van der Waals surface area (Å²) >= 11 is 0. The molecular formula is C32H35F3N6O2. The van der Waals surface area contributed by atoms with Gasteiger partial charge in [0.2, 0.25) is 5.91 Å². The minimum Gasteiger partial charge on any atom is -0.455 e. The van der Waals surface area contributed by atoms with Crippen molar-refractivity contribution in [1.82, 2.24) is 29.7 Å². The van der Waals surface area contributed by atoms with Gasteiger partial charge in [0.15, 0.2) is 0 Å². The Kier molecular flexibility index (Phi) is 8.11. The molecular weight excluding hydrogens is 557 g/mol. The van der Waals surface area contributed by atoms with Gasteiger partial charge in [0.05, 0.1) is 23.6 Å². The van der Waals surface area contributed by atoms with Crippen molar-refractivity contribution < 1.29 is 22.7 Å². The van der Waals surface area contributed by atoms with E-state index < -0.39 is 11.7 Å². The Morgan fingerprint density at radius 1 is 1.07 bits per heavy atom. The number of nitrogens with zero attached hydrogens (tertiary/aromatic N) is 5. The zero-order valence-corrected chi connectivity index (χ0v) is 24.3. The third-order valence-corrected chi connectivity index (χ3v) is 8.51. The van der Waals surface area contributed by atoms with Crippen molar-refractivity contribution in [3.05, 3.63) is 82.9 Å². The number of hydrogen-bond acceptors (Lipinski definition) is 6. The summed E-state index contributed by atoms with van der Waals surface area (Å²) in [5.74, 6) is 0.956. The molecule has 43 heavy (non-hydrogen) atoms. The summed E-state index contributed by atoms with van der Waals surface area (Å²) in [6, 6.07) is 9.77. The second-order valence-electron chi connectivity index (χ2n) is 11.4. The van der Waals surface area contributed by atoms with Gasteiger partial charge in [-0.05, 0) is 54.4 Å². The molecule has 0 unspecified atom stereocenters. The highest BCUT2D eigenvalue weighted by Gasteiger charge is 2.35. The number of H-pyrrole nitrogens is 1. The molecule has 0 saturated carbocycles. The molecule has 226 valence electrons. The lowest BCUT2D eigenvalue weighted by atomic mass is 9.97. The Morgan fingerprint density at radius 3 is 2.63 bits per heavy atom. The van der Waals surface area contributed by atoms with Gasteiger partial charge in [-0.3, -0.25) is 14.7 Å². The number of nitrogens with one attached hydrogen (secondary N) is 1. The van der Waals surface area contributed by atoms with E-state index >= 15 is 0 Å². The molecule has 0 aliphatic carbocycles. The van der Waals surface area contributed by atoms with Crippen LogP contribution < -0.4 is 4.74 Å². The van der Waals surface area contributed by atoms with Gasteiger partial charge in [0.1, 0.15) is 17.1 Å². The number of rotatable bonds is 7. The molecule has 1 atom stereocenters. The van der Waals surface area contributed by atoms with Crippen molar-refractivity contribution in [2.75, 3.05) is 32.7 Å². The van der Waals surface area contributed by atoms with Gasteiger partial charge >= 0.3 is 6.18 Å². The summed E-state index contributed by atoms with van der Waals surface area (Å²) in [5, 5.41) is 0.842. The first-order valence-corrected chi connectivity index (χ1v) is 14.7. The first-order chi connectivity index (χ1) is 20.7. The van der Waals surface area contributed by atoms with Crippen LogP contribution in [0.1, 0.15) is 41.8 Å². The third-order valence-electron chi connectivity index (χ3n) is 8.51. The molecule has 1 saturated heterocycles. The lowest BCUT2D eigenvalue weighted by molar-refractivity contribution is -0.139. The predicted octanol–water partition coefficient (Wildman–Crippen LogP) is 5.42. The quantitative estimate of drug-likeness (QED) is 0.309. The van der Waals surface area contributed by atoms with Crippen LogP contribution >= 0.6 is 0 Å². The Hall–Kier alpha value is -3.96. The van der Waals surface area contributed by atoms with Crippen LogP contribution in [0.4, 0.5) is 13.2 Å². The van der Waals surface area contributed by atoms with Crippen LogP contribution in [0.3, 0.4) is 0 Å². The monoisotopic (exact) mass is 592 g/mol. The summed E-state index contributed by atoms with van der Waals surface area (Å²) in [6.45, 7) is 8.71. The number of hydrogen-bond donors (Lipinski definition) is 1. The molecule has 4 aromatic rings. The number of carbonyl (C=O) groups excluding carboxylic acids is 1. The maximum absolute atomic E-state index is 14.1. The molecule has 1 N–H and O–H groups in total. The van der Waals surface area contributed by atoms with Crippen LogP contribution in [0.25, 0.3) is 11.0 Å². The van der Waals surface area contributed by atoms with Crippen molar-refractivity contribution in [3.8, 4) is 11.5 Å². The first kappa shape index (κ1) is 29.1. The lowest BCUT2D eigenvalue weighted by Gasteiger charge is -2.35. The molecule has 2 aliphatic rings. The number of ether oxygens (including phenoxy) is 1. The van der Waals surface area contributed by atoms with Crippen LogP contribution in [0, 0.1) is 0 Å². The van der Waals surface area contributed by atoms with Crippen molar-refractivity contribution in [1.29, 1.82) is 0 Å². The van der Waals surface area contributed by atoms with E-state index in [-0.39, 0.29) is 30.5 Å². The van der Waals surface area contributed by atoms with E-state index in [1.54, 1.807) is 41.7 Å². The minimum atomic E-state index is -4.50. The van der Waals surface area contributed by atoms with Crippen molar-refractivity contribution >= 4 is 16.9 Å². The van der Waals surface area contributed by atoms with Crippen LogP contribution in [0.5, 0.6) is 11.5 Å². The van der Waals surface area contributed by atoms with E-state index in [1.807, 2.05) is 19.1 Å². The number of likely N-dealkylation sites (N-methyl/N-ethyl adjacent to an activating group) is 1. The predicted molar refractivity (Wildman–Crippen MR) is 157 cm³/mol. The van der Waals surface area contributed by atoms with Gasteiger partial charge < -0.3 is 19.5 Å². The maximum Gasteiger partial charge on any atom is 0.416 e. The summed E-state index contributed by atoms with van der Waals surface area (Å²) in [5.41, 5.74) is 2.40. The van der Waals surface area contributed by atoms with Crippen molar-refractivity contribution in [3.63, 3.8) is 0 Å². The highest BCUT2D eigenvalue weighted by Crippen LogP contribution is 2.35. The largest absolute Gasteiger partial charge is 0.455 e. The molecule has 0 bridgehead atoms. The van der Waals surface area contributed by atoms with Crippen LogP contribution in [0.2, 0.25) is 0 Å². The first-order valence-electron chi connectivity index (χ1n) is 14.7.